The van der Waals surface area contributed by atoms with Crippen LogP contribution in [0.15, 0.2) is 46.7 Å². The first-order chi connectivity index (χ1) is 12.3. The summed E-state index contributed by atoms with van der Waals surface area (Å²) in [5, 5.41) is 6.25. The SMILES string of the molecule is CC(C)CCC(C)NC(=O)C(=O)Nc1ccc(Sc2nccn2C)cc1. The molecule has 0 aliphatic rings. The number of aryl methyl sites for hydroxylation is 1. The number of hydrogen-bond acceptors (Lipinski definition) is 4. The highest BCUT2D eigenvalue weighted by atomic mass is 32.2. The number of benzene rings is 1. The van der Waals surface area contributed by atoms with Crippen LogP contribution in [0.25, 0.3) is 0 Å². The molecule has 0 saturated heterocycles. The van der Waals surface area contributed by atoms with E-state index in [9.17, 15) is 9.59 Å². The van der Waals surface area contributed by atoms with Crippen molar-refractivity contribution in [3.8, 4) is 0 Å². The van der Waals surface area contributed by atoms with Crippen LogP contribution in [0.3, 0.4) is 0 Å². The minimum absolute atomic E-state index is 0.0211. The average molecular weight is 375 g/mol. The van der Waals surface area contributed by atoms with Gasteiger partial charge in [-0.2, -0.15) is 0 Å². The topological polar surface area (TPSA) is 76.0 Å². The molecule has 0 aliphatic heterocycles. The summed E-state index contributed by atoms with van der Waals surface area (Å²) < 4.78 is 1.94. The first-order valence-electron chi connectivity index (χ1n) is 8.72. The highest BCUT2D eigenvalue weighted by molar-refractivity contribution is 7.99. The summed E-state index contributed by atoms with van der Waals surface area (Å²) in [5.74, 6) is -0.677. The standard InChI is InChI=1S/C19H26N4O2S/c1-13(2)5-6-14(3)21-17(24)18(25)22-15-7-9-16(10-8-15)26-19-20-11-12-23(19)4/h7-14H,5-6H2,1-4H3,(H,21,24)(H,22,25). The maximum absolute atomic E-state index is 12.0. The van der Waals surface area contributed by atoms with E-state index >= 15 is 0 Å². The van der Waals surface area contributed by atoms with Crippen molar-refractivity contribution in [1.29, 1.82) is 0 Å². The molecule has 2 rings (SSSR count). The van der Waals surface area contributed by atoms with E-state index < -0.39 is 11.8 Å². The van der Waals surface area contributed by atoms with Gasteiger partial charge in [0.1, 0.15) is 0 Å². The van der Waals surface area contributed by atoms with Gasteiger partial charge in [0.25, 0.3) is 0 Å². The second-order valence-electron chi connectivity index (χ2n) is 6.75. The zero-order chi connectivity index (χ0) is 19.1. The molecule has 0 bridgehead atoms. The van der Waals surface area contributed by atoms with Crippen LogP contribution in [0.5, 0.6) is 0 Å². The Morgan fingerprint density at radius 1 is 1.12 bits per heavy atom. The number of nitrogens with zero attached hydrogens (tertiary/aromatic N) is 2. The molecule has 1 aromatic carbocycles. The Kier molecular flexibility index (Phi) is 7.26. The molecule has 140 valence electrons. The number of rotatable bonds is 7. The molecule has 0 spiro atoms. The summed E-state index contributed by atoms with van der Waals surface area (Å²) >= 11 is 1.53. The summed E-state index contributed by atoms with van der Waals surface area (Å²) in [6.45, 7) is 6.19. The van der Waals surface area contributed by atoms with Crippen molar-refractivity contribution in [3.63, 3.8) is 0 Å². The number of imidazole rings is 1. The van der Waals surface area contributed by atoms with Crippen LogP contribution in [0.4, 0.5) is 5.69 Å². The smallest absolute Gasteiger partial charge is 0.313 e. The van der Waals surface area contributed by atoms with Gasteiger partial charge in [0.15, 0.2) is 5.16 Å². The molecule has 1 aromatic heterocycles. The molecule has 7 heteroatoms. The highest BCUT2D eigenvalue weighted by Gasteiger charge is 2.16. The van der Waals surface area contributed by atoms with E-state index in [1.165, 1.54) is 11.8 Å². The number of aromatic nitrogens is 2. The molecule has 2 N–H and O–H groups in total. The molecule has 0 radical (unpaired) electrons. The Hall–Kier alpha value is -2.28. The largest absolute Gasteiger partial charge is 0.345 e. The molecular formula is C19H26N4O2S. The van der Waals surface area contributed by atoms with E-state index in [2.05, 4.69) is 29.5 Å². The van der Waals surface area contributed by atoms with E-state index in [0.717, 1.165) is 22.9 Å². The summed E-state index contributed by atoms with van der Waals surface area (Å²) in [6.07, 6.45) is 5.50. The highest BCUT2D eigenvalue weighted by Crippen LogP contribution is 2.26. The number of anilines is 1. The van der Waals surface area contributed by atoms with Gasteiger partial charge in [0, 0.05) is 36.1 Å². The number of amides is 2. The van der Waals surface area contributed by atoms with E-state index in [-0.39, 0.29) is 6.04 Å². The molecule has 2 aromatic rings. The fourth-order valence-electron chi connectivity index (χ4n) is 2.29. The van der Waals surface area contributed by atoms with E-state index in [4.69, 9.17) is 0 Å². The molecule has 26 heavy (non-hydrogen) atoms. The Bertz CT molecular complexity index is 740. The van der Waals surface area contributed by atoms with Gasteiger partial charge in [0.05, 0.1) is 0 Å². The van der Waals surface area contributed by atoms with Gasteiger partial charge in [-0.3, -0.25) is 9.59 Å². The predicted molar refractivity (Wildman–Crippen MR) is 104 cm³/mol. The molecule has 6 nitrogen and oxygen atoms in total. The minimum Gasteiger partial charge on any atom is -0.345 e. The number of nitrogens with one attached hydrogen (secondary N) is 2. The normalized spacial score (nSPS) is 12.0. The Balaban J connectivity index is 1.84. The third-order valence-corrected chi connectivity index (χ3v) is 4.94. The molecule has 1 atom stereocenters. The third kappa shape index (κ3) is 6.22. The van der Waals surface area contributed by atoms with Crippen LogP contribution in [-0.4, -0.2) is 27.4 Å². The van der Waals surface area contributed by atoms with Crippen molar-refractivity contribution in [2.75, 3.05) is 5.32 Å². The van der Waals surface area contributed by atoms with Gasteiger partial charge in [-0.05, 0) is 49.9 Å². The molecule has 2 amide bonds. The lowest BCUT2D eigenvalue weighted by Crippen LogP contribution is -2.40. The lowest BCUT2D eigenvalue weighted by molar-refractivity contribution is -0.136. The van der Waals surface area contributed by atoms with Gasteiger partial charge in [-0.1, -0.05) is 25.6 Å². The van der Waals surface area contributed by atoms with Gasteiger partial charge in [-0.15, -0.1) is 0 Å². The molecule has 1 unspecified atom stereocenters. The average Bonchev–Trinajstić information content (AvgIpc) is 2.99. The molecule has 1 heterocycles. The summed E-state index contributed by atoms with van der Waals surface area (Å²) in [6, 6.07) is 7.31. The van der Waals surface area contributed by atoms with Crippen molar-refractivity contribution < 1.29 is 9.59 Å². The second-order valence-corrected chi connectivity index (χ2v) is 7.79. The van der Waals surface area contributed by atoms with Crippen LogP contribution in [-0.2, 0) is 16.6 Å². The number of carbonyl (C=O) groups is 2. The van der Waals surface area contributed by atoms with Crippen molar-refractivity contribution in [2.45, 2.75) is 49.7 Å². The zero-order valence-electron chi connectivity index (χ0n) is 15.7. The Morgan fingerprint density at radius 2 is 1.81 bits per heavy atom. The molecular weight excluding hydrogens is 348 g/mol. The summed E-state index contributed by atoms with van der Waals surface area (Å²) in [7, 11) is 1.94. The lowest BCUT2D eigenvalue weighted by Gasteiger charge is -2.14. The predicted octanol–water partition coefficient (Wildman–Crippen LogP) is 3.45. The lowest BCUT2D eigenvalue weighted by atomic mass is 10.0. The van der Waals surface area contributed by atoms with E-state index in [1.807, 2.05) is 36.9 Å². The third-order valence-electron chi connectivity index (χ3n) is 3.86. The fourth-order valence-corrected chi connectivity index (χ4v) is 3.10. The minimum atomic E-state index is -0.647. The van der Waals surface area contributed by atoms with E-state index in [1.54, 1.807) is 18.3 Å². The van der Waals surface area contributed by atoms with E-state index in [0.29, 0.717) is 11.6 Å². The molecule has 0 aliphatic carbocycles. The van der Waals surface area contributed by atoms with Crippen molar-refractivity contribution in [2.24, 2.45) is 13.0 Å². The van der Waals surface area contributed by atoms with Crippen molar-refractivity contribution in [3.05, 3.63) is 36.7 Å². The van der Waals surface area contributed by atoms with Crippen LogP contribution in [0.2, 0.25) is 0 Å². The maximum Gasteiger partial charge on any atom is 0.313 e. The maximum atomic E-state index is 12.0. The second kappa shape index (κ2) is 9.43. The van der Waals surface area contributed by atoms with Crippen molar-refractivity contribution >= 4 is 29.3 Å². The zero-order valence-corrected chi connectivity index (χ0v) is 16.5. The summed E-state index contributed by atoms with van der Waals surface area (Å²) in [5.41, 5.74) is 0.587. The number of hydrogen-bond donors (Lipinski definition) is 2. The monoisotopic (exact) mass is 374 g/mol. The van der Waals surface area contributed by atoms with Gasteiger partial charge in [0.2, 0.25) is 0 Å². The van der Waals surface area contributed by atoms with Crippen LogP contribution in [0.1, 0.15) is 33.6 Å². The molecule has 0 fully saturated rings. The quantitative estimate of drug-likeness (QED) is 0.728. The van der Waals surface area contributed by atoms with Crippen LogP contribution < -0.4 is 10.6 Å². The van der Waals surface area contributed by atoms with Gasteiger partial charge >= 0.3 is 11.8 Å². The van der Waals surface area contributed by atoms with Crippen molar-refractivity contribution in [1.82, 2.24) is 14.9 Å². The fraction of sp³-hybridized carbons (Fsp3) is 0.421. The summed E-state index contributed by atoms with van der Waals surface area (Å²) in [4.78, 5) is 29.3. The molecule has 0 saturated carbocycles. The van der Waals surface area contributed by atoms with Crippen LogP contribution in [0, 0.1) is 5.92 Å². The van der Waals surface area contributed by atoms with Gasteiger partial charge in [-0.25, -0.2) is 4.98 Å². The van der Waals surface area contributed by atoms with Crippen LogP contribution >= 0.6 is 11.8 Å². The first kappa shape index (κ1) is 20.0. The van der Waals surface area contributed by atoms with Gasteiger partial charge < -0.3 is 15.2 Å². The Labute approximate surface area is 158 Å². The number of carbonyl (C=O) groups excluding carboxylic acids is 2. The Morgan fingerprint density at radius 3 is 2.38 bits per heavy atom. The first-order valence-corrected chi connectivity index (χ1v) is 9.54.